The van der Waals surface area contributed by atoms with Crippen LogP contribution in [0.3, 0.4) is 0 Å². The normalized spacial score (nSPS) is 17.0. The van der Waals surface area contributed by atoms with Gasteiger partial charge in [0, 0.05) is 30.4 Å². The average molecular weight is 291 g/mol. The first kappa shape index (κ1) is 16.1. The Kier molecular flexibility index (Phi) is 5.48. The number of ether oxygens (including phenoxy) is 1. The highest BCUT2D eigenvalue weighted by Crippen LogP contribution is 2.36. The minimum Gasteiger partial charge on any atom is -0.493 e. The molecule has 1 aromatic rings. The van der Waals surface area contributed by atoms with Crippen LogP contribution in [0.5, 0.6) is 5.75 Å². The van der Waals surface area contributed by atoms with Crippen LogP contribution < -0.4 is 10.5 Å². The molecular weight excluding hydrogens is 262 g/mol. The molecule has 0 aliphatic heterocycles. The topological polar surface area (TPSA) is 41.7 Å². The second-order valence-electron chi connectivity index (χ2n) is 6.48. The quantitative estimate of drug-likeness (QED) is 0.590. The third-order valence-electron chi connectivity index (χ3n) is 4.61. The molecule has 0 aromatic heterocycles. The first-order chi connectivity index (χ1) is 10.0. The molecule has 0 heterocycles. The van der Waals surface area contributed by atoms with Crippen molar-refractivity contribution in [3.8, 4) is 5.75 Å². The number of nitrogen functional groups attached to an aromatic ring is 1. The molecule has 4 nitrogen and oxygen atoms in total. The van der Waals surface area contributed by atoms with E-state index in [0.717, 1.165) is 37.6 Å². The molecule has 2 rings (SSSR count). The van der Waals surface area contributed by atoms with Crippen molar-refractivity contribution in [3.05, 3.63) is 24.3 Å². The van der Waals surface area contributed by atoms with Gasteiger partial charge in [-0.2, -0.15) is 0 Å². The number of hydrogen-bond acceptors (Lipinski definition) is 4. The first-order valence-electron chi connectivity index (χ1n) is 7.86. The summed E-state index contributed by atoms with van der Waals surface area (Å²) in [6.45, 7) is 2.96. The van der Waals surface area contributed by atoms with Crippen molar-refractivity contribution in [1.29, 1.82) is 0 Å². The maximum absolute atomic E-state index is 5.74. The molecule has 21 heavy (non-hydrogen) atoms. The Morgan fingerprint density at radius 1 is 1.24 bits per heavy atom. The fraction of sp³-hybridized carbons (Fsp3) is 0.647. The van der Waals surface area contributed by atoms with Gasteiger partial charge in [-0.1, -0.05) is 6.07 Å². The Hall–Kier alpha value is -1.26. The minimum atomic E-state index is 0.406. The molecule has 1 aliphatic rings. The van der Waals surface area contributed by atoms with E-state index in [4.69, 9.17) is 10.5 Å². The molecule has 0 spiro atoms. The second kappa shape index (κ2) is 7.14. The van der Waals surface area contributed by atoms with Gasteiger partial charge < -0.3 is 20.3 Å². The predicted molar refractivity (Wildman–Crippen MR) is 88.7 cm³/mol. The zero-order chi connectivity index (χ0) is 15.3. The van der Waals surface area contributed by atoms with Crippen molar-refractivity contribution >= 4 is 5.69 Å². The molecular formula is C17H29N3O. The second-order valence-corrected chi connectivity index (χ2v) is 6.48. The standard InChI is InChI=1S/C17H29N3O/c1-19(2)17(9-5-10-17)14-20(3)11-6-12-21-16-8-4-7-15(18)13-16/h4,7-8,13H,5-6,9-12,14,18H2,1-3H3. The molecule has 0 amide bonds. The molecule has 1 aromatic carbocycles. The number of benzene rings is 1. The molecule has 1 aliphatic carbocycles. The van der Waals surface area contributed by atoms with Crippen LogP contribution >= 0.6 is 0 Å². The van der Waals surface area contributed by atoms with Crippen molar-refractivity contribution < 1.29 is 4.74 Å². The summed E-state index contributed by atoms with van der Waals surface area (Å²) < 4.78 is 5.74. The fourth-order valence-electron chi connectivity index (χ4n) is 3.04. The van der Waals surface area contributed by atoms with Gasteiger partial charge in [-0.25, -0.2) is 0 Å². The Bertz CT molecular complexity index is 443. The van der Waals surface area contributed by atoms with Crippen LogP contribution in [0.2, 0.25) is 0 Å². The molecule has 0 bridgehead atoms. The Balaban J connectivity index is 1.66. The van der Waals surface area contributed by atoms with Gasteiger partial charge in [0.05, 0.1) is 6.61 Å². The summed E-state index contributed by atoms with van der Waals surface area (Å²) in [6, 6.07) is 7.63. The van der Waals surface area contributed by atoms with Gasteiger partial charge in [-0.15, -0.1) is 0 Å². The van der Waals surface area contributed by atoms with Gasteiger partial charge in [0.25, 0.3) is 0 Å². The molecule has 118 valence electrons. The molecule has 4 heteroatoms. The molecule has 0 atom stereocenters. The van der Waals surface area contributed by atoms with E-state index in [1.165, 1.54) is 19.3 Å². The minimum absolute atomic E-state index is 0.406. The van der Waals surface area contributed by atoms with Gasteiger partial charge in [0.1, 0.15) is 5.75 Å². The summed E-state index contributed by atoms with van der Waals surface area (Å²) in [4.78, 5) is 4.83. The van der Waals surface area contributed by atoms with E-state index in [1.807, 2.05) is 24.3 Å². The Morgan fingerprint density at radius 3 is 2.57 bits per heavy atom. The monoisotopic (exact) mass is 291 g/mol. The van der Waals surface area contributed by atoms with Gasteiger partial charge in [-0.05, 0) is 59.0 Å². The SMILES string of the molecule is CN(CCCOc1cccc(N)c1)CC1(N(C)C)CCC1. The number of rotatable bonds is 8. The number of nitrogens with zero attached hydrogens (tertiary/aromatic N) is 2. The van der Waals surface area contributed by atoms with Crippen LogP contribution in [0.25, 0.3) is 0 Å². The van der Waals surface area contributed by atoms with Crippen molar-refractivity contribution in [2.75, 3.05) is 46.6 Å². The van der Waals surface area contributed by atoms with E-state index in [9.17, 15) is 0 Å². The van der Waals surface area contributed by atoms with E-state index in [1.54, 1.807) is 0 Å². The smallest absolute Gasteiger partial charge is 0.121 e. The van der Waals surface area contributed by atoms with E-state index < -0.39 is 0 Å². The van der Waals surface area contributed by atoms with Crippen molar-refractivity contribution in [2.24, 2.45) is 0 Å². The van der Waals surface area contributed by atoms with Crippen molar-refractivity contribution in [3.63, 3.8) is 0 Å². The molecule has 1 fully saturated rings. The molecule has 1 saturated carbocycles. The van der Waals surface area contributed by atoms with E-state index >= 15 is 0 Å². The highest BCUT2D eigenvalue weighted by atomic mass is 16.5. The largest absolute Gasteiger partial charge is 0.493 e. The number of hydrogen-bond donors (Lipinski definition) is 1. The number of nitrogens with two attached hydrogens (primary N) is 1. The molecule has 0 saturated heterocycles. The summed E-state index contributed by atoms with van der Waals surface area (Å²) in [7, 11) is 6.62. The lowest BCUT2D eigenvalue weighted by Gasteiger charge is -2.49. The average Bonchev–Trinajstić information content (AvgIpc) is 2.39. The molecule has 0 unspecified atom stereocenters. The van der Waals surface area contributed by atoms with Crippen LogP contribution in [-0.2, 0) is 0 Å². The predicted octanol–water partition coefficient (Wildman–Crippen LogP) is 2.45. The Labute approximate surface area is 128 Å². The zero-order valence-electron chi connectivity index (χ0n) is 13.6. The highest BCUT2D eigenvalue weighted by molar-refractivity contribution is 5.43. The van der Waals surface area contributed by atoms with Crippen LogP contribution in [0.15, 0.2) is 24.3 Å². The third-order valence-corrected chi connectivity index (χ3v) is 4.61. The molecule has 0 radical (unpaired) electrons. The summed E-state index contributed by atoms with van der Waals surface area (Å²) >= 11 is 0. The maximum atomic E-state index is 5.74. The van der Waals surface area contributed by atoms with Crippen molar-refractivity contribution in [1.82, 2.24) is 9.80 Å². The summed E-state index contributed by atoms with van der Waals surface area (Å²) in [6.07, 6.45) is 5.05. The number of anilines is 1. The van der Waals surface area contributed by atoms with E-state index in [0.29, 0.717) is 5.54 Å². The first-order valence-corrected chi connectivity index (χ1v) is 7.86. The Morgan fingerprint density at radius 2 is 2.00 bits per heavy atom. The van der Waals surface area contributed by atoms with Crippen molar-refractivity contribution in [2.45, 2.75) is 31.2 Å². The summed E-state index contributed by atoms with van der Waals surface area (Å²) in [5.74, 6) is 0.862. The van der Waals surface area contributed by atoms with E-state index in [2.05, 4.69) is 30.9 Å². The van der Waals surface area contributed by atoms with Crippen LogP contribution in [0.4, 0.5) is 5.69 Å². The fourth-order valence-corrected chi connectivity index (χ4v) is 3.04. The van der Waals surface area contributed by atoms with Crippen LogP contribution in [-0.4, -0.2) is 56.2 Å². The molecule has 2 N–H and O–H groups in total. The summed E-state index contributed by atoms with van der Waals surface area (Å²) in [5.41, 5.74) is 6.90. The highest BCUT2D eigenvalue weighted by Gasteiger charge is 2.39. The summed E-state index contributed by atoms with van der Waals surface area (Å²) in [5, 5.41) is 0. The number of likely N-dealkylation sites (N-methyl/N-ethyl adjacent to an activating group) is 2. The van der Waals surface area contributed by atoms with Gasteiger partial charge in [0.15, 0.2) is 0 Å². The lowest BCUT2D eigenvalue weighted by Crippen LogP contribution is -2.56. The zero-order valence-corrected chi connectivity index (χ0v) is 13.6. The lowest BCUT2D eigenvalue weighted by molar-refractivity contribution is 0.0268. The van der Waals surface area contributed by atoms with Crippen LogP contribution in [0.1, 0.15) is 25.7 Å². The van der Waals surface area contributed by atoms with Gasteiger partial charge in [0.2, 0.25) is 0 Å². The third kappa shape index (κ3) is 4.35. The lowest BCUT2D eigenvalue weighted by atomic mass is 9.75. The van der Waals surface area contributed by atoms with Gasteiger partial charge in [-0.3, -0.25) is 0 Å². The van der Waals surface area contributed by atoms with Crippen LogP contribution in [0, 0.1) is 0 Å². The van der Waals surface area contributed by atoms with E-state index in [-0.39, 0.29) is 0 Å². The maximum Gasteiger partial charge on any atom is 0.121 e. The van der Waals surface area contributed by atoms with Gasteiger partial charge >= 0.3 is 0 Å².